The zero-order chi connectivity index (χ0) is 22.5. The van der Waals surface area contributed by atoms with Crippen LogP contribution in [0.25, 0.3) is 10.9 Å². The van der Waals surface area contributed by atoms with Gasteiger partial charge in [0, 0.05) is 30.8 Å². The third-order valence-electron chi connectivity index (χ3n) is 5.32. The van der Waals surface area contributed by atoms with E-state index in [1.807, 2.05) is 36.1 Å². The van der Waals surface area contributed by atoms with Crippen molar-refractivity contribution in [2.45, 2.75) is 33.0 Å². The number of hydrogen-bond donors (Lipinski definition) is 2. The number of halogens is 1. The van der Waals surface area contributed by atoms with Gasteiger partial charge in [0.25, 0.3) is 5.56 Å². The summed E-state index contributed by atoms with van der Waals surface area (Å²) >= 11 is 0. The summed E-state index contributed by atoms with van der Waals surface area (Å²) in [4.78, 5) is 17.6. The number of nitrogens with one attached hydrogen (secondary N) is 1. The third kappa shape index (κ3) is 5.24. The fourth-order valence-corrected chi connectivity index (χ4v) is 3.66. The number of H-pyrrole nitrogens is 1. The molecular weight excluding hydrogens is 411 g/mol. The van der Waals surface area contributed by atoms with E-state index >= 15 is 0 Å². The topological polar surface area (TPSA) is 99.9 Å². The van der Waals surface area contributed by atoms with Gasteiger partial charge in [0.1, 0.15) is 5.82 Å². The highest BCUT2D eigenvalue weighted by molar-refractivity contribution is 5.79. The molecule has 0 aliphatic rings. The molecule has 0 unspecified atom stereocenters. The Morgan fingerprint density at radius 2 is 1.94 bits per heavy atom. The van der Waals surface area contributed by atoms with Gasteiger partial charge in [-0.3, -0.25) is 9.69 Å². The number of pyridine rings is 1. The highest BCUT2D eigenvalue weighted by atomic mass is 19.1. The molecule has 0 aliphatic heterocycles. The summed E-state index contributed by atoms with van der Waals surface area (Å²) in [6.45, 7) is 3.84. The van der Waals surface area contributed by atoms with Crippen molar-refractivity contribution in [3.8, 4) is 0 Å². The lowest BCUT2D eigenvalue weighted by Crippen LogP contribution is -2.29. The van der Waals surface area contributed by atoms with E-state index in [1.165, 1.54) is 12.1 Å². The molecule has 4 aromatic rings. The minimum absolute atomic E-state index is 0.0459. The van der Waals surface area contributed by atoms with Gasteiger partial charge in [-0.25, -0.2) is 9.07 Å². The van der Waals surface area contributed by atoms with E-state index in [4.69, 9.17) is 0 Å². The molecule has 0 saturated carbocycles. The van der Waals surface area contributed by atoms with Crippen molar-refractivity contribution >= 4 is 10.9 Å². The lowest BCUT2D eigenvalue weighted by atomic mass is 10.1. The second-order valence-electron chi connectivity index (χ2n) is 7.88. The van der Waals surface area contributed by atoms with Crippen LogP contribution in [0.3, 0.4) is 0 Å². The first kappa shape index (κ1) is 21.8. The molecule has 0 spiro atoms. The summed E-state index contributed by atoms with van der Waals surface area (Å²) in [6.07, 6.45) is 0.560. The molecule has 166 valence electrons. The fourth-order valence-electron chi connectivity index (χ4n) is 3.66. The lowest BCUT2D eigenvalue weighted by molar-refractivity contribution is 0.206. The molecule has 32 heavy (non-hydrogen) atoms. The van der Waals surface area contributed by atoms with E-state index in [0.717, 1.165) is 22.0 Å². The van der Waals surface area contributed by atoms with Crippen LogP contribution in [-0.4, -0.2) is 48.3 Å². The van der Waals surface area contributed by atoms with Crippen LogP contribution in [-0.2, 0) is 19.6 Å². The zero-order valence-electron chi connectivity index (χ0n) is 17.8. The van der Waals surface area contributed by atoms with E-state index in [9.17, 15) is 14.3 Å². The van der Waals surface area contributed by atoms with Gasteiger partial charge in [0.2, 0.25) is 0 Å². The Balaban J connectivity index is 1.55. The Morgan fingerprint density at radius 1 is 1.12 bits per heavy atom. The molecule has 0 atom stereocenters. The molecule has 0 radical (unpaired) electrons. The summed E-state index contributed by atoms with van der Waals surface area (Å²) in [7, 11) is 0. The Bertz CT molecular complexity index is 1250. The summed E-state index contributed by atoms with van der Waals surface area (Å²) in [5.74, 6) is 0.331. The summed E-state index contributed by atoms with van der Waals surface area (Å²) < 4.78 is 14.9. The van der Waals surface area contributed by atoms with Gasteiger partial charge in [0.05, 0.1) is 13.1 Å². The van der Waals surface area contributed by atoms with E-state index in [2.05, 4.69) is 20.5 Å². The molecule has 4 rings (SSSR count). The Hall–Kier alpha value is -3.43. The first-order valence-electron chi connectivity index (χ1n) is 10.5. The Labute approximate surface area is 184 Å². The van der Waals surface area contributed by atoms with Gasteiger partial charge in [-0.05, 0) is 65.1 Å². The molecule has 0 bridgehead atoms. The number of aliphatic hydroxyl groups excluding tert-OH is 1. The van der Waals surface area contributed by atoms with Gasteiger partial charge >= 0.3 is 0 Å². The molecule has 0 amide bonds. The Morgan fingerprint density at radius 3 is 2.72 bits per heavy atom. The number of benzene rings is 2. The Kier molecular flexibility index (Phi) is 6.67. The van der Waals surface area contributed by atoms with Gasteiger partial charge in [0.15, 0.2) is 5.82 Å². The van der Waals surface area contributed by atoms with Gasteiger partial charge in [-0.1, -0.05) is 23.8 Å². The van der Waals surface area contributed by atoms with E-state index in [1.54, 1.807) is 16.8 Å². The van der Waals surface area contributed by atoms with Crippen molar-refractivity contribution in [3.05, 3.63) is 87.2 Å². The first-order valence-corrected chi connectivity index (χ1v) is 10.5. The number of nitrogens with zero attached hydrogens (tertiary/aromatic N) is 5. The van der Waals surface area contributed by atoms with Crippen LogP contribution >= 0.6 is 0 Å². The third-order valence-corrected chi connectivity index (χ3v) is 5.32. The van der Waals surface area contributed by atoms with Crippen LogP contribution in [0.15, 0.2) is 53.3 Å². The zero-order valence-corrected chi connectivity index (χ0v) is 17.8. The van der Waals surface area contributed by atoms with Gasteiger partial charge < -0.3 is 10.1 Å². The average molecular weight is 436 g/mol. The monoisotopic (exact) mass is 436 g/mol. The number of tetrazole rings is 1. The maximum Gasteiger partial charge on any atom is 0.252 e. The molecule has 0 saturated heterocycles. The largest absolute Gasteiger partial charge is 0.396 e. The van der Waals surface area contributed by atoms with E-state index in [-0.39, 0.29) is 18.0 Å². The van der Waals surface area contributed by atoms with Crippen LogP contribution < -0.4 is 5.56 Å². The molecule has 0 fully saturated rings. The molecule has 2 aromatic carbocycles. The lowest BCUT2D eigenvalue weighted by Gasteiger charge is -2.21. The predicted molar refractivity (Wildman–Crippen MR) is 118 cm³/mol. The number of rotatable bonds is 9. The van der Waals surface area contributed by atoms with Crippen LogP contribution in [0.4, 0.5) is 4.39 Å². The number of aliphatic hydroxyl groups is 1. The van der Waals surface area contributed by atoms with Gasteiger partial charge in [-0.2, -0.15) is 0 Å². The minimum Gasteiger partial charge on any atom is -0.396 e. The second-order valence-corrected chi connectivity index (χ2v) is 7.88. The molecule has 2 aromatic heterocycles. The highest BCUT2D eigenvalue weighted by Crippen LogP contribution is 2.15. The molecule has 9 heteroatoms. The van der Waals surface area contributed by atoms with E-state index in [0.29, 0.717) is 44.0 Å². The van der Waals surface area contributed by atoms with Crippen LogP contribution in [0.1, 0.15) is 28.9 Å². The maximum absolute atomic E-state index is 13.2. The molecule has 2 N–H and O–H groups in total. The van der Waals surface area contributed by atoms with Crippen molar-refractivity contribution < 1.29 is 9.50 Å². The number of fused-ring (bicyclic) bond motifs is 1. The maximum atomic E-state index is 13.2. The highest BCUT2D eigenvalue weighted by Gasteiger charge is 2.15. The first-order chi connectivity index (χ1) is 15.5. The molecule has 2 heterocycles. The SMILES string of the molecule is Cc1ccc2[nH]c(=O)c(CN(CCCO)Cc3nnnn3Cc3ccc(F)cc3)cc2c1. The van der Waals surface area contributed by atoms with Gasteiger partial charge in [-0.15, -0.1) is 5.10 Å². The molecule has 8 nitrogen and oxygen atoms in total. The minimum atomic E-state index is -0.295. The summed E-state index contributed by atoms with van der Waals surface area (Å²) in [5, 5.41) is 22.3. The number of aromatic amines is 1. The number of hydrogen-bond acceptors (Lipinski definition) is 6. The summed E-state index contributed by atoms with van der Waals surface area (Å²) in [6, 6.07) is 14.0. The molecular formula is C23H25FN6O2. The van der Waals surface area contributed by atoms with Crippen LogP contribution in [0.5, 0.6) is 0 Å². The fraction of sp³-hybridized carbons (Fsp3) is 0.304. The normalized spacial score (nSPS) is 11.5. The second kappa shape index (κ2) is 9.80. The number of aromatic nitrogens is 5. The van der Waals surface area contributed by atoms with Crippen LogP contribution in [0.2, 0.25) is 0 Å². The quantitative estimate of drug-likeness (QED) is 0.418. The van der Waals surface area contributed by atoms with Crippen molar-refractivity contribution in [1.82, 2.24) is 30.1 Å². The van der Waals surface area contributed by atoms with Crippen LogP contribution in [0, 0.1) is 12.7 Å². The number of aryl methyl sites for hydroxylation is 1. The summed E-state index contributed by atoms with van der Waals surface area (Å²) in [5.41, 5.74) is 3.30. The standard InChI is InChI=1S/C23H25FN6O2/c1-16-3-8-21-18(11-16)12-19(23(32)25-21)14-29(9-2-10-31)15-22-26-27-28-30(22)13-17-4-6-20(24)7-5-17/h3-8,11-12,31H,2,9-10,13-15H2,1H3,(H,25,32). The van der Waals surface area contributed by atoms with Crippen molar-refractivity contribution in [1.29, 1.82) is 0 Å². The van der Waals surface area contributed by atoms with Crippen molar-refractivity contribution in [2.24, 2.45) is 0 Å². The van der Waals surface area contributed by atoms with Crippen molar-refractivity contribution in [3.63, 3.8) is 0 Å². The molecule has 0 aliphatic carbocycles. The van der Waals surface area contributed by atoms with E-state index < -0.39 is 0 Å². The smallest absolute Gasteiger partial charge is 0.252 e. The predicted octanol–water partition coefficient (Wildman–Crippen LogP) is 2.40. The average Bonchev–Trinajstić information content (AvgIpc) is 3.21. The van der Waals surface area contributed by atoms with Crippen molar-refractivity contribution in [2.75, 3.05) is 13.2 Å².